The fourth-order valence-corrected chi connectivity index (χ4v) is 2.82. The van der Waals surface area contributed by atoms with E-state index in [1.54, 1.807) is 0 Å². The summed E-state index contributed by atoms with van der Waals surface area (Å²) >= 11 is 0. The molecule has 0 aliphatic carbocycles. The standard InChI is InChI=1S/C14H28N2O/c1-3-8-12(11-15)14(17)16-10-7-5-6-9-13(16)4-2/h12-13H,3-11,15H2,1-2H3. The molecular weight excluding hydrogens is 212 g/mol. The van der Waals surface area contributed by atoms with E-state index in [2.05, 4.69) is 18.7 Å². The molecule has 0 aromatic heterocycles. The minimum absolute atomic E-state index is 0.0483. The van der Waals surface area contributed by atoms with Crippen molar-refractivity contribution in [2.24, 2.45) is 11.7 Å². The summed E-state index contributed by atoms with van der Waals surface area (Å²) < 4.78 is 0. The maximum Gasteiger partial charge on any atom is 0.227 e. The number of rotatable bonds is 5. The van der Waals surface area contributed by atoms with Crippen LogP contribution in [0.4, 0.5) is 0 Å². The van der Waals surface area contributed by atoms with Crippen molar-refractivity contribution in [3.8, 4) is 0 Å². The van der Waals surface area contributed by atoms with Gasteiger partial charge in [-0.05, 0) is 25.7 Å². The van der Waals surface area contributed by atoms with Crippen molar-refractivity contribution in [2.75, 3.05) is 13.1 Å². The molecular formula is C14H28N2O. The van der Waals surface area contributed by atoms with Gasteiger partial charge < -0.3 is 10.6 Å². The molecule has 0 spiro atoms. The summed E-state index contributed by atoms with van der Waals surface area (Å²) in [5, 5.41) is 0. The largest absolute Gasteiger partial charge is 0.339 e. The Labute approximate surface area is 106 Å². The molecule has 1 fully saturated rings. The number of carbonyl (C=O) groups excluding carboxylic acids is 1. The minimum atomic E-state index is 0.0483. The summed E-state index contributed by atoms with van der Waals surface area (Å²) in [4.78, 5) is 14.6. The topological polar surface area (TPSA) is 46.3 Å². The normalized spacial score (nSPS) is 23.2. The highest BCUT2D eigenvalue weighted by molar-refractivity contribution is 5.79. The van der Waals surface area contributed by atoms with E-state index in [0.717, 1.165) is 32.2 Å². The number of hydrogen-bond donors (Lipinski definition) is 1. The van der Waals surface area contributed by atoms with Gasteiger partial charge in [0.1, 0.15) is 0 Å². The van der Waals surface area contributed by atoms with Crippen LogP contribution in [0.2, 0.25) is 0 Å². The molecule has 1 rings (SSSR count). The first-order valence-electron chi connectivity index (χ1n) is 7.25. The molecule has 0 bridgehead atoms. The van der Waals surface area contributed by atoms with Gasteiger partial charge in [-0.2, -0.15) is 0 Å². The van der Waals surface area contributed by atoms with Crippen LogP contribution in [0.25, 0.3) is 0 Å². The van der Waals surface area contributed by atoms with E-state index >= 15 is 0 Å². The minimum Gasteiger partial charge on any atom is -0.339 e. The second-order valence-electron chi connectivity index (χ2n) is 5.16. The quantitative estimate of drug-likeness (QED) is 0.802. The van der Waals surface area contributed by atoms with Gasteiger partial charge in [0.2, 0.25) is 5.91 Å². The van der Waals surface area contributed by atoms with Crippen molar-refractivity contribution in [1.29, 1.82) is 0 Å². The Morgan fingerprint density at radius 2 is 2.12 bits per heavy atom. The molecule has 2 atom stereocenters. The molecule has 100 valence electrons. The number of likely N-dealkylation sites (tertiary alicyclic amines) is 1. The van der Waals surface area contributed by atoms with E-state index < -0.39 is 0 Å². The zero-order valence-corrected chi connectivity index (χ0v) is 11.5. The molecule has 17 heavy (non-hydrogen) atoms. The Hall–Kier alpha value is -0.570. The Kier molecular flexibility index (Phi) is 6.56. The molecule has 0 aromatic carbocycles. The molecule has 3 nitrogen and oxygen atoms in total. The van der Waals surface area contributed by atoms with Crippen LogP contribution in [0.15, 0.2) is 0 Å². The number of nitrogens with two attached hydrogens (primary N) is 1. The molecule has 2 unspecified atom stereocenters. The molecule has 1 aliphatic heterocycles. The number of amides is 1. The Balaban J connectivity index is 2.68. The van der Waals surface area contributed by atoms with Crippen LogP contribution in [0.1, 0.15) is 58.8 Å². The summed E-state index contributed by atoms with van der Waals surface area (Å²) in [6, 6.07) is 0.455. The monoisotopic (exact) mass is 240 g/mol. The predicted molar refractivity (Wildman–Crippen MR) is 71.7 cm³/mol. The van der Waals surface area contributed by atoms with Crippen LogP contribution >= 0.6 is 0 Å². The first kappa shape index (κ1) is 14.5. The summed E-state index contributed by atoms with van der Waals surface area (Å²) in [6.45, 7) is 5.75. The van der Waals surface area contributed by atoms with Crippen molar-refractivity contribution in [3.63, 3.8) is 0 Å². The summed E-state index contributed by atoms with van der Waals surface area (Å²) in [6.07, 6.45) is 7.91. The highest BCUT2D eigenvalue weighted by Gasteiger charge is 2.28. The lowest BCUT2D eigenvalue weighted by molar-refractivity contribution is -0.137. The first-order valence-corrected chi connectivity index (χ1v) is 7.25. The number of nitrogens with zero attached hydrogens (tertiary/aromatic N) is 1. The molecule has 0 aromatic rings. The van der Waals surface area contributed by atoms with E-state index in [1.807, 2.05) is 0 Å². The lowest BCUT2D eigenvalue weighted by atomic mass is 10.00. The van der Waals surface area contributed by atoms with Gasteiger partial charge in [0.05, 0.1) is 5.92 Å². The average molecular weight is 240 g/mol. The highest BCUT2D eigenvalue weighted by atomic mass is 16.2. The van der Waals surface area contributed by atoms with Crippen molar-refractivity contribution < 1.29 is 4.79 Å². The molecule has 0 radical (unpaired) electrons. The molecule has 2 N–H and O–H groups in total. The Morgan fingerprint density at radius 1 is 1.35 bits per heavy atom. The van der Waals surface area contributed by atoms with E-state index in [4.69, 9.17) is 5.73 Å². The van der Waals surface area contributed by atoms with Gasteiger partial charge in [0, 0.05) is 19.1 Å². The molecule has 1 amide bonds. The third-order valence-electron chi connectivity index (χ3n) is 3.90. The maximum atomic E-state index is 12.5. The lowest BCUT2D eigenvalue weighted by Crippen LogP contribution is -2.44. The zero-order valence-electron chi connectivity index (χ0n) is 11.5. The van der Waals surface area contributed by atoms with E-state index in [9.17, 15) is 4.79 Å². The Morgan fingerprint density at radius 3 is 2.71 bits per heavy atom. The Bertz CT molecular complexity index is 230. The third-order valence-corrected chi connectivity index (χ3v) is 3.90. The molecule has 1 heterocycles. The third kappa shape index (κ3) is 3.98. The number of carbonyl (C=O) groups is 1. The van der Waals surface area contributed by atoms with Crippen LogP contribution < -0.4 is 5.73 Å². The molecule has 1 saturated heterocycles. The first-order chi connectivity index (χ1) is 8.24. The molecule has 1 aliphatic rings. The van der Waals surface area contributed by atoms with Crippen LogP contribution in [-0.4, -0.2) is 29.9 Å². The van der Waals surface area contributed by atoms with E-state index in [-0.39, 0.29) is 5.92 Å². The van der Waals surface area contributed by atoms with E-state index in [1.165, 1.54) is 19.3 Å². The van der Waals surface area contributed by atoms with Gasteiger partial charge >= 0.3 is 0 Å². The van der Waals surface area contributed by atoms with Gasteiger partial charge in [-0.15, -0.1) is 0 Å². The molecule has 3 heteroatoms. The van der Waals surface area contributed by atoms with Crippen molar-refractivity contribution in [2.45, 2.75) is 64.8 Å². The second kappa shape index (κ2) is 7.70. The second-order valence-corrected chi connectivity index (χ2v) is 5.16. The predicted octanol–water partition coefficient (Wildman–Crippen LogP) is 2.54. The molecule has 0 saturated carbocycles. The number of hydrogen-bond acceptors (Lipinski definition) is 2. The smallest absolute Gasteiger partial charge is 0.227 e. The summed E-state index contributed by atoms with van der Waals surface area (Å²) in [5.74, 6) is 0.357. The van der Waals surface area contributed by atoms with Gasteiger partial charge in [0.15, 0.2) is 0 Å². The average Bonchev–Trinajstić information content (AvgIpc) is 2.59. The van der Waals surface area contributed by atoms with E-state index in [0.29, 0.717) is 18.5 Å². The van der Waals surface area contributed by atoms with Crippen LogP contribution in [0.3, 0.4) is 0 Å². The fourth-order valence-electron chi connectivity index (χ4n) is 2.82. The van der Waals surface area contributed by atoms with Gasteiger partial charge in [-0.1, -0.05) is 33.1 Å². The summed E-state index contributed by atoms with van der Waals surface area (Å²) in [7, 11) is 0. The van der Waals surface area contributed by atoms with Crippen molar-refractivity contribution in [3.05, 3.63) is 0 Å². The van der Waals surface area contributed by atoms with Gasteiger partial charge in [0.25, 0.3) is 0 Å². The SMILES string of the molecule is CCCC(CN)C(=O)N1CCCCCC1CC. The van der Waals surface area contributed by atoms with Gasteiger partial charge in [-0.25, -0.2) is 0 Å². The summed E-state index contributed by atoms with van der Waals surface area (Å²) in [5.41, 5.74) is 5.74. The van der Waals surface area contributed by atoms with Crippen LogP contribution in [0, 0.1) is 5.92 Å². The zero-order chi connectivity index (χ0) is 12.7. The van der Waals surface area contributed by atoms with Crippen LogP contribution in [0.5, 0.6) is 0 Å². The van der Waals surface area contributed by atoms with Crippen LogP contribution in [-0.2, 0) is 4.79 Å². The fraction of sp³-hybridized carbons (Fsp3) is 0.929. The van der Waals surface area contributed by atoms with Crippen molar-refractivity contribution >= 4 is 5.91 Å². The maximum absolute atomic E-state index is 12.5. The lowest BCUT2D eigenvalue weighted by Gasteiger charge is -2.32. The van der Waals surface area contributed by atoms with Crippen molar-refractivity contribution in [1.82, 2.24) is 4.90 Å². The highest BCUT2D eigenvalue weighted by Crippen LogP contribution is 2.22. The van der Waals surface area contributed by atoms with Gasteiger partial charge in [-0.3, -0.25) is 4.79 Å².